The van der Waals surface area contributed by atoms with Crippen LogP contribution in [0.5, 0.6) is 0 Å². The summed E-state index contributed by atoms with van der Waals surface area (Å²) < 4.78 is 4.72. The van der Waals surface area contributed by atoms with Gasteiger partial charge in [0.25, 0.3) is 0 Å². The SMILES string of the molecule is CCOC(=O)/C(C#N)=C/c1ccsc1. The minimum Gasteiger partial charge on any atom is -0.462 e. The number of esters is 1. The highest BCUT2D eigenvalue weighted by molar-refractivity contribution is 7.08. The number of ether oxygens (including phenoxy) is 1. The molecule has 0 atom stereocenters. The van der Waals surface area contributed by atoms with Crippen molar-refractivity contribution in [2.45, 2.75) is 6.92 Å². The number of nitriles is 1. The predicted octanol–water partition coefficient (Wildman–Crippen LogP) is 2.22. The average molecular weight is 207 g/mol. The van der Waals surface area contributed by atoms with Gasteiger partial charge in [0.1, 0.15) is 11.6 Å². The van der Waals surface area contributed by atoms with E-state index in [2.05, 4.69) is 0 Å². The maximum Gasteiger partial charge on any atom is 0.348 e. The first-order valence-electron chi connectivity index (χ1n) is 4.09. The van der Waals surface area contributed by atoms with E-state index in [-0.39, 0.29) is 12.2 Å². The van der Waals surface area contributed by atoms with E-state index in [9.17, 15) is 4.79 Å². The summed E-state index contributed by atoms with van der Waals surface area (Å²) in [5.74, 6) is -0.568. The number of hydrogen-bond donors (Lipinski definition) is 0. The van der Waals surface area contributed by atoms with Crippen molar-refractivity contribution in [3.8, 4) is 6.07 Å². The third kappa shape index (κ3) is 2.71. The molecule has 1 aromatic rings. The zero-order chi connectivity index (χ0) is 10.4. The molecule has 0 saturated heterocycles. The maximum atomic E-state index is 11.2. The molecule has 0 aliphatic rings. The van der Waals surface area contributed by atoms with Crippen LogP contribution >= 0.6 is 11.3 Å². The van der Waals surface area contributed by atoms with Gasteiger partial charge in [-0.25, -0.2) is 4.79 Å². The van der Waals surface area contributed by atoms with E-state index in [1.807, 2.05) is 22.9 Å². The fourth-order valence-corrected chi connectivity index (χ4v) is 1.49. The van der Waals surface area contributed by atoms with Crippen LogP contribution in [0.4, 0.5) is 0 Å². The van der Waals surface area contributed by atoms with Crippen molar-refractivity contribution < 1.29 is 9.53 Å². The van der Waals surface area contributed by atoms with Gasteiger partial charge >= 0.3 is 5.97 Å². The van der Waals surface area contributed by atoms with Gasteiger partial charge in [0, 0.05) is 0 Å². The van der Waals surface area contributed by atoms with Crippen LogP contribution in [0.2, 0.25) is 0 Å². The molecular weight excluding hydrogens is 198 g/mol. The van der Waals surface area contributed by atoms with Gasteiger partial charge in [-0.15, -0.1) is 0 Å². The van der Waals surface area contributed by atoms with Crippen LogP contribution in [0, 0.1) is 11.3 Å². The number of hydrogen-bond acceptors (Lipinski definition) is 4. The summed E-state index contributed by atoms with van der Waals surface area (Å²) in [6.45, 7) is 1.99. The molecule has 0 aliphatic carbocycles. The monoisotopic (exact) mass is 207 g/mol. The Bertz CT molecular complexity index is 373. The summed E-state index contributed by atoms with van der Waals surface area (Å²) in [6, 6.07) is 3.65. The Morgan fingerprint density at radius 3 is 3.07 bits per heavy atom. The lowest BCUT2D eigenvalue weighted by molar-refractivity contribution is -0.137. The van der Waals surface area contributed by atoms with E-state index in [0.717, 1.165) is 5.56 Å². The van der Waals surface area contributed by atoms with Gasteiger partial charge in [-0.2, -0.15) is 16.6 Å². The van der Waals surface area contributed by atoms with Gasteiger partial charge in [-0.1, -0.05) is 0 Å². The number of thiophene rings is 1. The lowest BCUT2D eigenvalue weighted by atomic mass is 10.2. The van der Waals surface area contributed by atoms with E-state index in [0.29, 0.717) is 0 Å². The van der Waals surface area contributed by atoms with Gasteiger partial charge in [0.2, 0.25) is 0 Å². The molecule has 1 heterocycles. The fourth-order valence-electron chi connectivity index (χ4n) is 0.869. The van der Waals surface area contributed by atoms with Crippen molar-refractivity contribution >= 4 is 23.4 Å². The first kappa shape index (κ1) is 10.5. The summed E-state index contributed by atoms with van der Waals surface area (Å²) in [6.07, 6.45) is 1.52. The summed E-state index contributed by atoms with van der Waals surface area (Å²) in [7, 11) is 0. The van der Waals surface area contributed by atoms with Crippen LogP contribution in [0.15, 0.2) is 22.4 Å². The lowest BCUT2D eigenvalue weighted by Crippen LogP contribution is -2.05. The van der Waals surface area contributed by atoms with Crippen molar-refractivity contribution in [2.75, 3.05) is 6.61 Å². The molecule has 3 nitrogen and oxygen atoms in total. The smallest absolute Gasteiger partial charge is 0.348 e. The molecule has 0 aliphatic heterocycles. The Kier molecular flexibility index (Phi) is 3.89. The summed E-state index contributed by atoms with van der Waals surface area (Å²) in [5, 5.41) is 12.4. The molecule has 14 heavy (non-hydrogen) atoms. The molecule has 72 valence electrons. The Hall–Kier alpha value is -1.60. The van der Waals surface area contributed by atoms with Crippen molar-refractivity contribution in [2.24, 2.45) is 0 Å². The number of rotatable bonds is 3. The topological polar surface area (TPSA) is 50.1 Å². The van der Waals surface area contributed by atoms with Crippen LogP contribution in [-0.2, 0) is 9.53 Å². The minimum absolute atomic E-state index is 0.0326. The largest absolute Gasteiger partial charge is 0.462 e. The highest BCUT2D eigenvalue weighted by Crippen LogP contribution is 2.11. The molecular formula is C10H9NO2S. The Balaban J connectivity index is 2.83. The van der Waals surface area contributed by atoms with E-state index in [4.69, 9.17) is 10.00 Å². The molecule has 0 spiro atoms. The Morgan fingerprint density at radius 1 is 1.79 bits per heavy atom. The molecule has 0 bridgehead atoms. The molecule has 0 amide bonds. The van der Waals surface area contributed by atoms with E-state index in [1.54, 1.807) is 6.92 Å². The van der Waals surface area contributed by atoms with Crippen LogP contribution in [0.3, 0.4) is 0 Å². The summed E-state index contributed by atoms with van der Waals surface area (Å²) >= 11 is 1.51. The third-order valence-corrected chi connectivity index (χ3v) is 2.17. The second-order valence-electron chi connectivity index (χ2n) is 2.45. The molecule has 1 rings (SSSR count). The van der Waals surface area contributed by atoms with Gasteiger partial charge in [-0.3, -0.25) is 0 Å². The minimum atomic E-state index is -0.568. The highest BCUT2D eigenvalue weighted by atomic mass is 32.1. The predicted molar refractivity (Wildman–Crippen MR) is 54.5 cm³/mol. The first-order chi connectivity index (χ1) is 6.77. The second-order valence-corrected chi connectivity index (χ2v) is 3.23. The van der Waals surface area contributed by atoms with Gasteiger partial charge in [-0.05, 0) is 35.4 Å². The third-order valence-electron chi connectivity index (χ3n) is 1.47. The number of nitrogens with zero attached hydrogens (tertiary/aromatic N) is 1. The highest BCUT2D eigenvalue weighted by Gasteiger charge is 2.09. The van der Waals surface area contributed by atoms with Crippen molar-refractivity contribution in [1.29, 1.82) is 5.26 Å². The van der Waals surface area contributed by atoms with Crippen LogP contribution in [0.1, 0.15) is 12.5 Å². The quantitative estimate of drug-likeness (QED) is 0.434. The zero-order valence-electron chi connectivity index (χ0n) is 7.69. The number of carbonyl (C=O) groups is 1. The van der Waals surface area contributed by atoms with Crippen LogP contribution < -0.4 is 0 Å². The fraction of sp³-hybridized carbons (Fsp3) is 0.200. The van der Waals surface area contributed by atoms with E-state index >= 15 is 0 Å². The molecule has 4 heteroatoms. The number of carbonyl (C=O) groups excluding carboxylic acids is 1. The van der Waals surface area contributed by atoms with E-state index < -0.39 is 5.97 Å². The molecule has 0 fully saturated rings. The Morgan fingerprint density at radius 2 is 2.57 bits per heavy atom. The molecule has 1 aromatic heterocycles. The molecule has 0 saturated carbocycles. The van der Waals surface area contributed by atoms with Gasteiger partial charge in [0.05, 0.1) is 6.61 Å². The normalized spacial score (nSPS) is 10.7. The van der Waals surface area contributed by atoms with E-state index in [1.165, 1.54) is 17.4 Å². The Labute approximate surface area is 86.2 Å². The van der Waals surface area contributed by atoms with Crippen molar-refractivity contribution in [1.82, 2.24) is 0 Å². The van der Waals surface area contributed by atoms with Crippen LogP contribution in [0.25, 0.3) is 6.08 Å². The summed E-state index contributed by atoms with van der Waals surface area (Å²) in [5.41, 5.74) is 0.879. The van der Waals surface area contributed by atoms with Gasteiger partial charge in [0.15, 0.2) is 0 Å². The zero-order valence-corrected chi connectivity index (χ0v) is 8.50. The van der Waals surface area contributed by atoms with Crippen LogP contribution in [-0.4, -0.2) is 12.6 Å². The first-order valence-corrected chi connectivity index (χ1v) is 5.03. The van der Waals surface area contributed by atoms with Crippen molar-refractivity contribution in [3.05, 3.63) is 28.0 Å². The molecule has 0 N–H and O–H groups in total. The summed E-state index contributed by atoms with van der Waals surface area (Å²) in [4.78, 5) is 11.2. The second kappa shape index (κ2) is 5.20. The lowest BCUT2D eigenvalue weighted by Gasteiger charge is -1.97. The molecule has 0 radical (unpaired) electrons. The molecule has 0 aromatic carbocycles. The maximum absolute atomic E-state index is 11.2. The standard InChI is InChI=1S/C10H9NO2S/c1-2-13-10(12)9(6-11)5-8-3-4-14-7-8/h3-5,7H,2H2,1H3/b9-5+. The van der Waals surface area contributed by atoms with Crippen molar-refractivity contribution in [3.63, 3.8) is 0 Å². The average Bonchev–Trinajstić information content (AvgIpc) is 2.66. The molecule has 0 unspecified atom stereocenters. The van der Waals surface area contributed by atoms with Gasteiger partial charge < -0.3 is 4.74 Å².